The summed E-state index contributed by atoms with van der Waals surface area (Å²) in [6.45, 7) is 8.36. The van der Waals surface area contributed by atoms with E-state index in [1.807, 2.05) is 4.52 Å². The molecule has 0 N–H and O–H groups in total. The van der Waals surface area contributed by atoms with E-state index in [1.54, 1.807) is 6.33 Å². The van der Waals surface area contributed by atoms with E-state index in [4.69, 9.17) is 9.72 Å². The zero-order valence-corrected chi connectivity index (χ0v) is 13.5. The van der Waals surface area contributed by atoms with Crippen molar-refractivity contribution in [3.63, 3.8) is 0 Å². The van der Waals surface area contributed by atoms with Crippen LogP contribution < -0.4 is 4.90 Å². The standard InChI is InChI=1S/C16H23N5O/c1-10-4-5-13-14(6-10)19-16-17-9-18-21(16)15(13)20-7-11(2)22-12(3)8-20/h9-12H,4-8H2,1-3H3/t10-,11+,12+/m0/s1. The highest BCUT2D eigenvalue weighted by Gasteiger charge is 2.30. The van der Waals surface area contributed by atoms with Crippen LogP contribution in [0, 0.1) is 5.92 Å². The van der Waals surface area contributed by atoms with Crippen LogP contribution >= 0.6 is 0 Å². The van der Waals surface area contributed by atoms with E-state index in [9.17, 15) is 0 Å². The quantitative estimate of drug-likeness (QED) is 0.805. The molecular weight excluding hydrogens is 278 g/mol. The minimum absolute atomic E-state index is 0.230. The fourth-order valence-corrected chi connectivity index (χ4v) is 3.83. The summed E-state index contributed by atoms with van der Waals surface area (Å²) in [5, 5.41) is 4.43. The molecule has 1 fully saturated rings. The van der Waals surface area contributed by atoms with Crippen LogP contribution in [0.2, 0.25) is 0 Å². The molecule has 3 heterocycles. The van der Waals surface area contributed by atoms with E-state index >= 15 is 0 Å². The van der Waals surface area contributed by atoms with Gasteiger partial charge in [0.15, 0.2) is 0 Å². The summed E-state index contributed by atoms with van der Waals surface area (Å²) in [5.41, 5.74) is 2.57. The van der Waals surface area contributed by atoms with Gasteiger partial charge in [-0.05, 0) is 39.0 Å². The second-order valence-electron chi connectivity index (χ2n) is 6.84. The number of fused-ring (bicyclic) bond motifs is 2. The molecule has 0 bridgehead atoms. The third-order valence-electron chi connectivity index (χ3n) is 4.73. The number of ether oxygens (including phenoxy) is 1. The summed E-state index contributed by atoms with van der Waals surface area (Å²) < 4.78 is 7.81. The van der Waals surface area contributed by atoms with E-state index in [2.05, 4.69) is 35.8 Å². The highest BCUT2D eigenvalue weighted by atomic mass is 16.5. The predicted molar refractivity (Wildman–Crippen MR) is 84.2 cm³/mol. The number of nitrogens with zero attached hydrogens (tertiary/aromatic N) is 5. The molecule has 1 saturated heterocycles. The largest absolute Gasteiger partial charge is 0.372 e. The molecule has 6 heteroatoms. The van der Waals surface area contributed by atoms with Gasteiger partial charge in [-0.2, -0.15) is 14.6 Å². The van der Waals surface area contributed by atoms with Crippen molar-refractivity contribution in [1.82, 2.24) is 19.6 Å². The maximum absolute atomic E-state index is 5.89. The van der Waals surface area contributed by atoms with Gasteiger partial charge in [-0.25, -0.2) is 4.98 Å². The molecule has 1 aliphatic heterocycles. The summed E-state index contributed by atoms with van der Waals surface area (Å²) >= 11 is 0. The Morgan fingerprint density at radius 1 is 1.18 bits per heavy atom. The Morgan fingerprint density at radius 3 is 2.73 bits per heavy atom. The average Bonchev–Trinajstić information content (AvgIpc) is 2.91. The van der Waals surface area contributed by atoms with Gasteiger partial charge in [0, 0.05) is 18.7 Å². The Labute approximate surface area is 130 Å². The maximum atomic E-state index is 5.89. The Bertz CT molecular complexity index is 687. The second kappa shape index (κ2) is 5.19. The van der Waals surface area contributed by atoms with Gasteiger partial charge in [0.25, 0.3) is 5.78 Å². The van der Waals surface area contributed by atoms with Crippen LogP contribution in [-0.2, 0) is 17.6 Å². The van der Waals surface area contributed by atoms with Gasteiger partial charge in [-0.3, -0.25) is 0 Å². The van der Waals surface area contributed by atoms with E-state index < -0.39 is 0 Å². The molecule has 1 aliphatic carbocycles. The van der Waals surface area contributed by atoms with Crippen molar-refractivity contribution in [2.24, 2.45) is 5.92 Å². The van der Waals surface area contributed by atoms with Crippen LogP contribution in [0.25, 0.3) is 5.78 Å². The molecule has 2 aliphatic rings. The summed E-state index contributed by atoms with van der Waals surface area (Å²) in [4.78, 5) is 11.5. The van der Waals surface area contributed by atoms with Gasteiger partial charge in [-0.1, -0.05) is 6.92 Å². The number of aromatic nitrogens is 4. The number of hydrogen-bond acceptors (Lipinski definition) is 5. The average molecular weight is 301 g/mol. The van der Waals surface area contributed by atoms with Crippen LogP contribution in [0.15, 0.2) is 6.33 Å². The molecule has 0 amide bonds. The van der Waals surface area contributed by atoms with Gasteiger partial charge in [0.05, 0.1) is 17.9 Å². The molecule has 3 atom stereocenters. The number of hydrogen-bond donors (Lipinski definition) is 0. The third-order valence-corrected chi connectivity index (χ3v) is 4.73. The summed E-state index contributed by atoms with van der Waals surface area (Å²) in [5.74, 6) is 2.60. The monoisotopic (exact) mass is 301 g/mol. The lowest BCUT2D eigenvalue weighted by Gasteiger charge is -2.38. The van der Waals surface area contributed by atoms with E-state index in [0.717, 1.165) is 31.7 Å². The molecule has 4 rings (SSSR count). The summed E-state index contributed by atoms with van der Waals surface area (Å²) in [6.07, 6.45) is 5.41. The molecule has 2 aromatic rings. The zero-order valence-electron chi connectivity index (χ0n) is 13.5. The Kier molecular flexibility index (Phi) is 3.29. The molecule has 6 nitrogen and oxygen atoms in total. The first-order chi connectivity index (χ1) is 10.6. The third kappa shape index (κ3) is 2.26. The zero-order chi connectivity index (χ0) is 15.3. The van der Waals surface area contributed by atoms with Crippen molar-refractivity contribution in [2.45, 2.75) is 52.2 Å². The molecule has 0 spiro atoms. The first kappa shape index (κ1) is 13.9. The Morgan fingerprint density at radius 2 is 1.95 bits per heavy atom. The van der Waals surface area contributed by atoms with Crippen LogP contribution in [0.1, 0.15) is 38.4 Å². The number of anilines is 1. The lowest BCUT2D eigenvalue weighted by molar-refractivity contribution is -0.00564. The molecule has 2 aromatic heterocycles. The van der Waals surface area contributed by atoms with Crippen molar-refractivity contribution in [1.29, 1.82) is 0 Å². The highest BCUT2D eigenvalue weighted by molar-refractivity contribution is 5.56. The fourth-order valence-electron chi connectivity index (χ4n) is 3.83. The van der Waals surface area contributed by atoms with Gasteiger partial charge in [0.2, 0.25) is 0 Å². The first-order valence-electron chi connectivity index (χ1n) is 8.23. The minimum Gasteiger partial charge on any atom is -0.372 e. The molecule has 118 valence electrons. The molecule has 22 heavy (non-hydrogen) atoms. The lowest BCUT2D eigenvalue weighted by Crippen LogP contribution is -2.47. The smallest absolute Gasteiger partial charge is 0.254 e. The van der Waals surface area contributed by atoms with Crippen molar-refractivity contribution in [2.75, 3.05) is 18.0 Å². The van der Waals surface area contributed by atoms with Crippen molar-refractivity contribution < 1.29 is 4.74 Å². The summed E-state index contributed by atoms with van der Waals surface area (Å²) in [6, 6.07) is 0. The Balaban J connectivity index is 1.86. The van der Waals surface area contributed by atoms with Crippen molar-refractivity contribution in [3.8, 4) is 0 Å². The molecular formula is C16H23N5O. The van der Waals surface area contributed by atoms with E-state index in [0.29, 0.717) is 5.92 Å². The number of rotatable bonds is 1. The normalized spacial score (nSPS) is 28.9. The topological polar surface area (TPSA) is 55.5 Å². The van der Waals surface area contributed by atoms with E-state index in [-0.39, 0.29) is 12.2 Å². The molecule has 0 saturated carbocycles. The fraction of sp³-hybridized carbons (Fsp3) is 0.688. The Hall–Kier alpha value is -1.69. The van der Waals surface area contributed by atoms with Crippen LogP contribution in [-0.4, -0.2) is 44.9 Å². The van der Waals surface area contributed by atoms with Gasteiger partial charge in [-0.15, -0.1) is 0 Å². The predicted octanol–water partition coefficient (Wildman–Crippen LogP) is 1.86. The minimum atomic E-state index is 0.230. The first-order valence-corrected chi connectivity index (χ1v) is 8.23. The van der Waals surface area contributed by atoms with Crippen LogP contribution in [0.5, 0.6) is 0 Å². The van der Waals surface area contributed by atoms with Crippen molar-refractivity contribution >= 4 is 11.6 Å². The number of morpholine rings is 1. The van der Waals surface area contributed by atoms with Gasteiger partial charge < -0.3 is 9.64 Å². The van der Waals surface area contributed by atoms with Crippen LogP contribution in [0.3, 0.4) is 0 Å². The second-order valence-corrected chi connectivity index (χ2v) is 6.84. The lowest BCUT2D eigenvalue weighted by atomic mass is 9.88. The summed E-state index contributed by atoms with van der Waals surface area (Å²) in [7, 11) is 0. The molecule has 0 unspecified atom stereocenters. The van der Waals surface area contributed by atoms with Gasteiger partial charge >= 0.3 is 0 Å². The highest BCUT2D eigenvalue weighted by Crippen LogP contribution is 2.33. The van der Waals surface area contributed by atoms with Gasteiger partial charge in [0.1, 0.15) is 12.1 Å². The van der Waals surface area contributed by atoms with Crippen LogP contribution in [0.4, 0.5) is 5.82 Å². The molecule has 0 radical (unpaired) electrons. The van der Waals surface area contributed by atoms with Crippen molar-refractivity contribution in [3.05, 3.63) is 17.6 Å². The molecule has 0 aromatic carbocycles. The maximum Gasteiger partial charge on any atom is 0.254 e. The van der Waals surface area contributed by atoms with E-state index in [1.165, 1.54) is 23.5 Å². The SMILES string of the molecule is C[C@H]1CCc2c(nc3ncnn3c2N2C[C@@H](C)O[C@H](C)C2)C1.